The maximum Gasteiger partial charge on any atom is 0.271 e. The van der Waals surface area contributed by atoms with Gasteiger partial charge in [0, 0.05) is 22.2 Å². The van der Waals surface area contributed by atoms with Gasteiger partial charge in [0.15, 0.2) is 5.13 Å². The molecule has 0 spiro atoms. The van der Waals surface area contributed by atoms with Crippen LogP contribution in [0.5, 0.6) is 5.75 Å². The third-order valence-electron chi connectivity index (χ3n) is 5.96. The summed E-state index contributed by atoms with van der Waals surface area (Å²) in [4.78, 5) is 17.3. The second-order valence-electron chi connectivity index (χ2n) is 9.03. The number of rotatable bonds is 9. The van der Waals surface area contributed by atoms with Gasteiger partial charge in [-0.1, -0.05) is 59.1 Å². The number of amides is 1. The molecule has 0 aliphatic rings. The number of anilines is 2. The molecule has 0 saturated heterocycles. The maximum atomic E-state index is 12.6. The van der Waals surface area contributed by atoms with Crippen LogP contribution in [0.15, 0.2) is 95.4 Å². The zero-order valence-corrected chi connectivity index (χ0v) is 26.2. The van der Waals surface area contributed by atoms with Gasteiger partial charge in [-0.15, -0.1) is 11.3 Å². The van der Waals surface area contributed by atoms with Crippen LogP contribution in [-0.2, 0) is 6.61 Å². The predicted molar refractivity (Wildman–Crippen MR) is 177 cm³/mol. The van der Waals surface area contributed by atoms with Crippen LogP contribution in [0.3, 0.4) is 0 Å². The number of hydrogen-bond acceptors (Lipinski definition) is 6. The minimum absolute atomic E-state index is 0.302. The summed E-state index contributed by atoms with van der Waals surface area (Å²) in [6.45, 7) is 2.42. The lowest BCUT2D eigenvalue weighted by Gasteiger charge is -2.09. The monoisotopic (exact) mass is 712 g/mol. The second kappa shape index (κ2) is 13.5. The SMILES string of the molecule is Cc1ccc(Nc2nc(-c3ccc(C(=O)N/N=C\c4ccc(OCc5ccc(Cl)c(Cl)c5)c(I)c4)cc3)cs2)cc1. The summed E-state index contributed by atoms with van der Waals surface area (Å²) >= 11 is 15.8. The number of halogens is 3. The smallest absolute Gasteiger partial charge is 0.271 e. The first-order valence-corrected chi connectivity index (χ1v) is 15.1. The van der Waals surface area contributed by atoms with E-state index >= 15 is 0 Å². The maximum absolute atomic E-state index is 12.6. The summed E-state index contributed by atoms with van der Waals surface area (Å²) in [5, 5.41) is 11.2. The molecule has 1 amide bonds. The Balaban J connectivity index is 1.14. The Morgan fingerprint density at radius 2 is 1.78 bits per heavy atom. The highest BCUT2D eigenvalue weighted by molar-refractivity contribution is 14.1. The molecule has 4 aromatic carbocycles. The van der Waals surface area contributed by atoms with Crippen LogP contribution in [-0.4, -0.2) is 17.1 Å². The Morgan fingerprint density at radius 1 is 1.00 bits per heavy atom. The number of carbonyl (C=O) groups excluding carboxylic acids is 1. The molecule has 0 bridgehead atoms. The lowest BCUT2D eigenvalue weighted by atomic mass is 10.1. The van der Waals surface area contributed by atoms with Crippen molar-refractivity contribution in [3.63, 3.8) is 0 Å². The van der Waals surface area contributed by atoms with Crippen molar-refractivity contribution in [2.24, 2.45) is 5.10 Å². The van der Waals surface area contributed by atoms with E-state index in [9.17, 15) is 4.79 Å². The molecule has 5 rings (SSSR count). The molecule has 206 valence electrons. The van der Waals surface area contributed by atoms with E-state index in [0.717, 1.165) is 42.5 Å². The van der Waals surface area contributed by atoms with Gasteiger partial charge in [-0.05, 0) is 95.2 Å². The van der Waals surface area contributed by atoms with Crippen LogP contribution in [0.25, 0.3) is 11.3 Å². The highest BCUT2D eigenvalue weighted by atomic mass is 127. The molecule has 10 heteroatoms. The first-order chi connectivity index (χ1) is 19.8. The molecule has 1 aromatic heterocycles. The summed E-state index contributed by atoms with van der Waals surface area (Å²) < 4.78 is 6.83. The fourth-order valence-corrected chi connectivity index (χ4v) is 5.51. The number of nitrogens with one attached hydrogen (secondary N) is 2. The molecule has 2 N–H and O–H groups in total. The van der Waals surface area contributed by atoms with Gasteiger partial charge in [-0.3, -0.25) is 4.79 Å². The first kappa shape index (κ1) is 29.1. The first-order valence-electron chi connectivity index (χ1n) is 12.4. The number of carbonyl (C=O) groups is 1. The van der Waals surface area contributed by atoms with Gasteiger partial charge in [0.05, 0.1) is 25.5 Å². The molecule has 1 heterocycles. The number of aryl methyl sites for hydroxylation is 1. The zero-order chi connectivity index (χ0) is 28.8. The van der Waals surface area contributed by atoms with Crippen LogP contribution in [0.1, 0.15) is 27.0 Å². The van der Waals surface area contributed by atoms with Crippen molar-refractivity contribution in [2.75, 3.05) is 5.32 Å². The van der Waals surface area contributed by atoms with Gasteiger partial charge in [-0.2, -0.15) is 5.10 Å². The molecule has 41 heavy (non-hydrogen) atoms. The topological polar surface area (TPSA) is 75.6 Å². The number of nitrogens with zero attached hydrogens (tertiary/aromatic N) is 2. The summed E-state index contributed by atoms with van der Waals surface area (Å²) in [5.41, 5.74) is 8.79. The van der Waals surface area contributed by atoms with Crippen LogP contribution in [0, 0.1) is 10.5 Å². The molecule has 0 fully saturated rings. The van der Waals surface area contributed by atoms with E-state index in [-0.39, 0.29) is 5.91 Å². The Bertz CT molecular complexity index is 1710. The van der Waals surface area contributed by atoms with E-state index < -0.39 is 0 Å². The third kappa shape index (κ3) is 7.85. The van der Waals surface area contributed by atoms with Gasteiger partial charge in [0.2, 0.25) is 0 Å². The fourth-order valence-electron chi connectivity index (χ4n) is 3.75. The van der Waals surface area contributed by atoms with Gasteiger partial charge >= 0.3 is 0 Å². The third-order valence-corrected chi connectivity index (χ3v) is 8.30. The van der Waals surface area contributed by atoms with E-state index in [1.165, 1.54) is 16.9 Å². The minimum atomic E-state index is -0.302. The Kier molecular flexibility index (Phi) is 9.56. The number of hydrogen-bond donors (Lipinski definition) is 2. The number of benzene rings is 4. The standard InChI is InChI=1S/C31H23Cl2IN4O2S/c1-19-2-10-24(11-3-19)36-31-37-28(18-41-31)22-6-8-23(9-7-22)30(39)38-35-16-20-5-13-29(27(34)15-20)40-17-21-4-12-25(32)26(33)14-21/h2-16,18H,17H2,1H3,(H,36,37)(H,38,39)/b35-16-. The molecule has 5 aromatic rings. The lowest BCUT2D eigenvalue weighted by molar-refractivity contribution is 0.0955. The van der Waals surface area contributed by atoms with Gasteiger partial charge in [-0.25, -0.2) is 10.4 Å². The molecule has 0 atom stereocenters. The van der Waals surface area contributed by atoms with Crippen molar-refractivity contribution in [2.45, 2.75) is 13.5 Å². The molecule has 0 aliphatic carbocycles. The molecular formula is C31H23Cl2IN4O2S. The Morgan fingerprint density at radius 3 is 2.51 bits per heavy atom. The average Bonchev–Trinajstić information content (AvgIpc) is 3.44. The lowest BCUT2D eigenvalue weighted by Crippen LogP contribution is -2.17. The molecular weight excluding hydrogens is 690 g/mol. The van der Waals surface area contributed by atoms with E-state index in [4.69, 9.17) is 27.9 Å². The van der Waals surface area contributed by atoms with Crippen LogP contribution in [0.4, 0.5) is 10.8 Å². The highest BCUT2D eigenvalue weighted by Crippen LogP contribution is 2.28. The van der Waals surface area contributed by atoms with E-state index in [1.807, 2.05) is 53.9 Å². The van der Waals surface area contributed by atoms with E-state index in [1.54, 1.807) is 30.5 Å². The number of thiazole rings is 1. The normalized spacial score (nSPS) is 11.0. The second-order valence-corrected chi connectivity index (χ2v) is 11.9. The fraction of sp³-hybridized carbons (Fsp3) is 0.0645. The molecule has 0 saturated carbocycles. The summed E-state index contributed by atoms with van der Waals surface area (Å²) in [5.74, 6) is 0.431. The van der Waals surface area contributed by atoms with Gasteiger partial charge < -0.3 is 10.1 Å². The summed E-state index contributed by atoms with van der Waals surface area (Å²) in [7, 11) is 0. The molecule has 0 radical (unpaired) electrons. The van der Waals surface area contributed by atoms with Crippen molar-refractivity contribution in [3.05, 3.63) is 126 Å². The average molecular weight is 713 g/mol. The Labute approximate surface area is 265 Å². The van der Waals surface area contributed by atoms with E-state index in [2.05, 4.69) is 62.5 Å². The quantitative estimate of drug-likeness (QED) is 0.0909. The van der Waals surface area contributed by atoms with Crippen molar-refractivity contribution >= 4 is 80.1 Å². The van der Waals surface area contributed by atoms with Crippen molar-refractivity contribution < 1.29 is 9.53 Å². The predicted octanol–water partition coefficient (Wildman–Crippen LogP) is 9.12. The summed E-state index contributed by atoms with van der Waals surface area (Å²) in [6.07, 6.45) is 1.59. The molecule has 0 aliphatic heterocycles. The highest BCUT2D eigenvalue weighted by Gasteiger charge is 2.09. The van der Waals surface area contributed by atoms with E-state index in [0.29, 0.717) is 22.2 Å². The molecule has 0 unspecified atom stereocenters. The molecule has 6 nitrogen and oxygen atoms in total. The minimum Gasteiger partial charge on any atom is -0.488 e. The summed E-state index contributed by atoms with van der Waals surface area (Å²) in [6, 6.07) is 26.5. The number of aromatic nitrogens is 1. The van der Waals surface area contributed by atoms with Crippen molar-refractivity contribution in [1.29, 1.82) is 0 Å². The number of hydrazone groups is 1. The largest absolute Gasteiger partial charge is 0.488 e. The zero-order valence-electron chi connectivity index (χ0n) is 21.7. The Hall–Kier alpha value is -3.44. The van der Waals surface area contributed by atoms with Crippen LogP contribution in [0.2, 0.25) is 10.0 Å². The van der Waals surface area contributed by atoms with Crippen LogP contribution >= 0.6 is 57.1 Å². The van der Waals surface area contributed by atoms with Crippen molar-refractivity contribution in [1.82, 2.24) is 10.4 Å². The van der Waals surface area contributed by atoms with Gasteiger partial charge in [0.1, 0.15) is 12.4 Å². The van der Waals surface area contributed by atoms with Gasteiger partial charge in [0.25, 0.3) is 5.91 Å². The van der Waals surface area contributed by atoms with Crippen LogP contribution < -0.4 is 15.5 Å². The van der Waals surface area contributed by atoms with Crippen molar-refractivity contribution in [3.8, 4) is 17.0 Å². The number of ether oxygens (including phenoxy) is 1.